The molecule has 0 bridgehead atoms. The fourth-order valence-electron chi connectivity index (χ4n) is 2.89. The predicted octanol–water partition coefficient (Wildman–Crippen LogP) is 5.08. The van der Waals surface area contributed by atoms with Crippen LogP contribution in [0.2, 0.25) is 25.7 Å². The second kappa shape index (κ2) is 7.69. The van der Waals surface area contributed by atoms with Crippen LogP contribution in [0, 0.1) is 0 Å². The third-order valence-electron chi connectivity index (χ3n) is 4.50. The number of hydrogen-bond donors (Lipinski definition) is 0. The Bertz CT molecular complexity index is 1100. The van der Waals surface area contributed by atoms with Gasteiger partial charge in [-0.05, 0) is 30.3 Å². The minimum atomic E-state index is -1.08. The molecule has 0 aliphatic heterocycles. The van der Waals surface area contributed by atoms with Crippen LogP contribution < -0.4 is 4.74 Å². The van der Waals surface area contributed by atoms with E-state index in [9.17, 15) is 0 Å². The quantitative estimate of drug-likeness (QED) is 0.324. The zero-order valence-corrected chi connectivity index (χ0v) is 17.4. The van der Waals surface area contributed by atoms with Gasteiger partial charge in [-0.25, -0.2) is 4.98 Å². The van der Waals surface area contributed by atoms with Crippen molar-refractivity contribution in [2.75, 3.05) is 6.61 Å². The van der Waals surface area contributed by atoms with Crippen molar-refractivity contribution in [1.82, 2.24) is 19.5 Å². The van der Waals surface area contributed by atoms with Crippen LogP contribution >= 0.6 is 0 Å². The standard InChI is InChI=1S/C21H24N4O2Si/c1-28(2,3)11-10-26-15-25-14-24-19-7-5-17(13-21(19)25)27-16-4-6-18-20(12-16)23-9-8-22-18/h4-9,12-14H,10-11,15H2,1-3H3. The minimum absolute atomic E-state index is 0.496. The molecular weight excluding hydrogens is 368 g/mol. The van der Waals surface area contributed by atoms with E-state index in [1.807, 2.05) is 47.3 Å². The fourth-order valence-corrected chi connectivity index (χ4v) is 3.64. The summed E-state index contributed by atoms with van der Waals surface area (Å²) in [6, 6.07) is 12.7. The number of nitrogens with zero attached hydrogens (tertiary/aromatic N) is 4. The van der Waals surface area contributed by atoms with Crippen LogP contribution in [0.25, 0.3) is 22.1 Å². The highest BCUT2D eigenvalue weighted by atomic mass is 28.3. The van der Waals surface area contributed by atoms with Crippen LogP contribution in [-0.2, 0) is 11.5 Å². The van der Waals surface area contributed by atoms with Gasteiger partial charge in [-0.1, -0.05) is 19.6 Å². The molecule has 0 radical (unpaired) electrons. The van der Waals surface area contributed by atoms with Gasteiger partial charge in [-0.15, -0.1) is 0 Å². The molecule has 0 aliphatic rings. The van der Waals surface area contributed by atoms with Crippen LogP contribution in [0.3, 0.4) is 0 Å². The first kappa shape index (κ1) is 18.6. The molecule has 2 aromatic heterocycles. The van der Waals surface area contributed by atoms with E-state index in [-0.39, 0.29) is 0 Å². The molecule has 0 unspecified atom stereocenters. The number of aromatic nitrogens is 4. The molecule has 0 aliphatic carbocycles. The molecular formula is C21H24N4O2Si. The molecule has 28 heavy (non-hydrogen) atoms. The number of hydrogen-bond acceptors (Lipinski definition) is 5. The highest BCUT2D eigenvalue weighted by molar-refractivity contribution is 6.76. The molecule has 144 valence electrons. The van der Waals surface area contributed by atoms with Gasteiger partial charge in [-0.2, -0.15) is 0 Å². The maximum Gasteiger partial charge on any atom is 0.129 e. The monoisotopic (exact) mass is 392 g/mol. The van der Waals surface area contributed by atoms with Gasteiger partial charge in [-0.3, -0.25) is 9.97 Å². The van der Waals surface area contributed by atoms with Gasteiger partial charge in [0.25, 0.3) is 0 Å². The van der Waals surface area contributed by atoms with Crippen LogP contribution in [0.1, 0.15) is 0 Å². The molecule has 0 amide bonds. The highest BCUT2D eigenvalue weighted by Gasteiger charge is 2.12. The molecule has 0 atom stereocenters. The van der Waals surface area contributed by atoms with Crippen molar-refractivity contribution in [3.05, 3.63) is 55.1 Å². The number of benzene rings is 2. The second-order valence-electron chi connectivity index (χ2n) is 8.02. The van der Waals surface area contributed by atoms with Gasteiger partial charge in [0.1, 0.15) is 18.2 Å². The summed E-state index contributed by atoms with van der Waals surface area (Å²) >= 11 is 0. The molecule has 7 heteroatoms. The lowest BCUT2D eigenvalue weighted by Gasteiger charge is -2.15. The zero-order valence-electron chi connectivity index (χ0n) is 16.4. The molecule has 2 heterocycles. The first-order chi connectivity index (χ1) is 13.5. The molecule has 4 aromatic rings. The summed E-state index contributed by atoms with van der Waals surface area (Å²) in [5.41, 5.74) is 3.57. The van der Waals surface area contributed by atoms with E-state index in [4.69, 9.17) is 9.47 Å². The van der Waals surface area contributed by atoms with Crippen LogP contribution in [-0.4, -0.2) is 34.2 Å². The maximum absolute atomic E-state index is 6.05. The normalized spacial score (nSPS) is 12.0. The molecule has 4 rings (SSSR count). The summed E-state index contributed by atoms with van der Waals surface area (Å²) in [7, 11) is -1.08. The summed E-state index contributed by atoms with van der Waals surface area (Å²) in [5.74, 6) is 1.48. The summed E-state index contributed by atoms with van der Waals surface area (Å²) in [6.07, 6.45) is 5.18. The Labute approximate surface area is 165 Å². The van der Waals surface area contributed by atoms with Crippen LogP contribution in [0.15, 0.2) is 55.1 Å². The van der Waals surface area contributed by atoms with Crippen molar-refractivity contribution in [1.29, 1.82) is 0 Å². The predicted molar refractivity (Wildman–Crippen MR) is 113 cm³/mol. The first-order valence-electron chi connectivity index (χ1n) is 9.39. The molecule has 6 nitrogen and oxygen atoms in total. The lowest BCUT2D eigenvalue weighted by Crippen LogP contribution is -2.21. The van der Waals surface area contributed by atoms with Gasteiger partial charge >= 0.3 is 0 Å². The average molecular weight is 393 g/mol. The van der Waals surface area contributed by atoms with Crippen molar-refractivity contribution < 1.29 is 9.47 Å². The van der Waals surface area contributed by atoms with Crippen LogP contribution in [0.5, 0.6) is 11.5 Å². The largest absolute Gasteiger partial charge is 0.457 e. The van der Waals surface area contributed by atoms with Crippen molar-refractivity contribution in [2.45, 2.75) is 32.4 Å². The van der Waals surface area contributed by atoms with Gasteiger partial charge in [0, 0.05) is 39.2 Å². The average Bonchev–Trinajstić information content (AvgIpc) is 3.07. The van der Waals surface area contributed by atoms with Crippen molar-refractivity contribution in [3.63, 3.8) is 0 Å². The second-order valence-corrected chi connectivity index (χ2v) is 13.6. The molecule has 0 N–H and O–H groups in total. The summed E-state index contributed by atoms with van der Waals surface area (Å²) in [6.45, 7) is 8.33. The smallest absolute Gasteiger partial charge is 0.129 e. The first-order valence-corrected chi connectivity index (χ1v) is 13.1. The van der Waals surface area contributed by atoms with E-state index in [1.54, 1.807) is 12.4 Å². The Balaban J connectivity index is 1.50. The third kappa shape index (κ3) is 4.37. The fraction of sp³-hybridized carbons (Fsp3) is 0.286. The summed E-state index contributed by atoms with van der Waals surface area (Å²) in [5, 5.41) is 0. The molecule has 0 fully saturated rings. The molecule has 0 saturated carbocycles. The Morgan fingerprint density at radius 1 is 0.857 bits per heavy atom. The Kier molecular flexibility index (Phi) is 5.10. The SMILES string of the molecule is C[Si](C)(C)CCOCn1cnc2ccc(Oc3ccc4nccnc4c3)cc21. The van der Waals surface area contributed by atoms with E-state index in [0.29, 0.717) is 6.73 Å². The maximum atomic E-state index is 6.05. The number of ether oxygens (including phenoxy) is 2. The molecule has 0 spiro atoms. The number of rotatable bonds is 7. The Hall–Kier alpha value is -2.77. The summed E-state index contributed by atoms with van der Waals surface area (Å²) < 4.78 is 13.9. The molecule has 0 saturated heterocycles. The van der Waals surface area contributed by atoms with Gasteiger partial charge in [0.05, 0.1) is 28.4 Å². The van der Waals surface area contributed by atoms with E-state index in [1.165, 1.54) is 0 Å². The van der Waals surface area contributed by atoms with Gasteiger partial charge in [0.2, 0.25) is 0 Å². The van der Waals surface area contributed by atoms with E-state index in [2.05, 4.69) is 34.6 Å². The zero-order chi connectivity index (χ0) is 19.6. The summed E-state index contributed by atoms with van der Waals surface area (Å²) in [4.78, 5) is 13.1. The van der Waals surface area contributed by atoms with E-state index >= 15 is 0 Å². The topological polar surface area (TPSA) is 62.1 Å². The van der Waals surface area contributed by atoms with Crippen LogP contribution in [0.4, 0.5) is 0 Å². The number of imidazole rings is 1. The van der Waals surface area contributed by atoms with E-state index in [0.717, 1.165) is 46.2 Å². The third-order valence-corrected chi connectivity index (χ3v) is 6.20. The molecule has 2 aromatic carbocycles. The Morgan fingerprint density at radius 3 is 2.36 bits per heavy atom. The van der Waals surface area contributed by atoms with Gasteiger partial charge in [0.15, 0.2) is 0 Å². The Morgan fingerprint density at radius 2 is 1.57 bits per heavy atom. The van der Waals surface area contributed by atoms with Gasteiger partial charge < -0.3 is 14.0 Å². The lowest BCUT2D eigenvalue weighted by atomic mass is 10.2. The highest BCUT2D eigenvalue weighted by Crippen LogP contribution is 2.27. The number of fused-ring (bicyclic) bond motifs is 2. The van der Waals surface area contributed by atoms with Crippen molar-refractivity contribution in [3.8, 4) is 11.5 Å². The van der Waals surface area contributed by atoms with Crippen molar-refractivity contribution in [2.24, 2.45) is 0 Å². The minimum Gasteiger partial charge on any atom is -0.457 e. The van der Waals surface area contributed by atoms with E-state index < -0.39 is 8.07 Å². The van der Waals surface area contributed by atoms with Crippen molar-refractivity contribution >= 4 is 30.1 Å². The lowest BCUT2D eigenvalue weighted by molar-refractivity contribution is 0.0898.